The molecule has 5 rings (SSSR count). The second kappa shape index (κ2) is 6.04. The van der Waals surface area contributed by atoms with E-state index >= 15 is 0 Å². The van der Waals surface area contributed by atoms with E-state index in [1.165, 1.54) is 6.33 Å². The fourth-order valence-corrected chi connectivity index (χ4v) is 3.18. The highest BCUT2D eigenvalue weighted by Gasteiger charge is 2.24. The molecule has 4 heterocycles. The van der Waals surface area contributed by atoms with E-state index < -0.39 is 0 Å². The molecule has 0 aliphatic carbocycles. The van der Waals surface area contributed by atoms with E-state index in [4.69, 9.17) is 15.9 Å². The molecule has 7 heteroatoms. The van der Waals surface area contributed by atoms with E-state index in [0.717, 1.165) is 33.9 Å². The Morgan fingerprint density at radius 1 is 1.11 bits per heavy atom. The minimum atomic E-state index is 0.363. The number of imidazole rings is 1. The number of pyridine rings is 1. The van der Waals surface area contributed by atoms with Crippen molar-refractivity contribution >= 4 is 5.71 Å². The molecule has 0 N–H and O–H groups in total. The third kappa shape index (κ3) is 2.43. The Balaban J connectivity index is 1.77. The Morgan fingerprint density at radius 3 is 2.85 bits per heavy atom. The molecule has 4 aromatic rings. The third-order valence-electron chi connectivity index (χ3n) is 4.40. The summed E-state index contributed by atoms with van der Waals surface area (Å²) >= 11 is 0. The standard InChI is InChI=1S/C20H12N6O/c1-2-13-6-7-16-14(9-13)18(15-5-3-4-8-21-15)22-10-17-19(24-12-26(16)17)20-23-11-25-27-20/h1,3-9,11-12H,10H2. The van der Waals surface area contributed by atoms with E-state index in [1.54, 1.807) is 12.5 Å². The van der Waals surface area contributed by atoms with Gasteiger partial charge in [0, 0.05) is 17.3 Å². The molecule has 1 aromatic carbocycles. The van der Waals surface area contributed by atoms with Gasteiger partial charge < -0.3 is 4.52 Å². The van der Waals surface area contributed by atoms with Crippen molar-refractivity contribution in [3.8, 4) is 29.6 Å². The summed E-state index contributed by atoms with van der Waals surface area (Å²) in [5.41, 5.74) is 5.64. The zero-order chi connectivity index (χ0) is 18.2. The minimum absolute atomic E-state index is 0.363. The van der Waals surface area contributed by atoms with Crippen molar-refractivity contribution in [3.05, 3.63) is 77.8 Å². The van der Waals surface area contributed by atoms with Gasteiger partial charge in [0.2, 0.25) is 0 Å². The summed E-state index contributed by atoms with van der Waals surface area (Å²) in [7, 11) is 0. The summed E-state index contributed by atoms with van der Waals surface area (Å²) < 4.78 is 7.18. The van der Waals surface area contributed by atoms with Crippen molar-refractivity contribution in [1.29, 1.82) is 0 Å². The molecule has 0 unspecified atom stereocenters. The number of hydrogen-bond donors (Lipinski definition) is 0. The van der Waals surface area contributed by atoms with Gasteiger partial charge in [-0.05, 0) is 30.3 Å². The van der Waals surface area contributed by atoms with Crippen molar-refractivity contribution in [1.82, 2.24) is 24.7 Å². The molecule has 0 saturated heterocycles. The SMILES string of the molecule is C#Cc1ccc2c(c1)C(c1ccccn1)=NCc1c(-c3ncno3)ncn1-2. The van der Waals surface area contributed by atoms with E-state index in [1.807, 2.05) is 41.0 Å². The predicted molar refractivity (Wildman–Crippen MR) is 98.4 cm³/mol. The highest BCUT2D eigenvalue weighted by molar-refractivity contribution is 6.14. The van der Waals surface area contributed by atoms with E-state index in [2.05, 4.69) is 26.0 Å². The molecule has 0 bridgehead atoms. The first-order valence-corrected chi connectivity index (χ1v) is 8.25. The number of aromatic nitrogens is 5. The summed E-state index contributed by atoms with van der Waals surface area (Å²) in [6, 6.07) is 11.6. The fourth-order valence-electron chi connectivity index (χ4n) is 3.18. The normalized spacial score (nSPS) is 12.5. The van der Waals surface area contributed by atoms with Crippen LogP contribution in [0.15, 0.2) is 64.8 Å². The van der Waals surface area contributed by atoms with Crippen molar-refractivity contribution < 1.29 is 4.52 Å². The number of nitrogens with zero attached hydrogens (tertiary/aromatic N) is 6. The maximum atomic E-state index is 5.62. The van der Waals surface area contributed by atoms with Gasteiger partial charge >= 0.3 is 0 Å². The van der Waals surface area contributed by atoms with Gasteiger partial charge in [-0.3, -0.25) is 14.5 Å². The second-order valence-electron chi connectivity index (χ2n) is 5.91. The predicted octanol–water partition coefficient (Wildman–Crippen LogP) is 2.65. The van der Waals surface area contributed by atoms with Gasteiger partial charge in [0.15, 0.2) is 12.0 Å². The van der Waals surface area contributed by atoms with Gasteiger partial charge in [0.25, 0.3) is 5.89 Å². The highest BCUT2D eigenvalue weighted by Crippen LogP contribution is 2.30. The molecule has 1 aliphatic rings. The smallest absolute Gasteiger partial charge is 0.278 e. The first kappa shape index (κ1) is 15.2. The summed E-state index contributed by atoms with van der Waals surface area (Å²) in [6.07, 6.45) is 10.5. The van der Waals surface area contributed by atoms with Crippen molar-refractivity contribution in [2.75, 3.05) is 0 Å². The summed E-state index contributed by atoms with van der Waals surface area (Å²) in [4.78, 5) is 17.9. The number of hydrogen-bond acceptors (Lipinski definition) is 6. The van der Waals surface area contributed by atoms with E-state index in [9.17, 15) is 0 Å². The van der Waals surface area contributed by atoms with Crippen molar-refractivity contribution in [3.63, 3.8) is 0 Å². The Morgan fingerprint density at radius 2 is 2.07 bits per heavy atom. The van der Waals surface area contributed by atoms with Gasteiger partial charge in [0.05, 0.1) is 29.3 Å². The molecule has 0 saturated carbocycles. The van der Waals surface area contributed by atoms with Gasteiger partial charge in [-0.2, -0.15) is 4.98 Å². The van der Waals surface area contributed by atoms with Gasteiger partial charge in [-0.1, -0.05) is 17.1 Å². The van der Waals surface area contributed by atoms with Crippen LogP contribution in [0.1, 0.15) is 22.5 Å². The van der Waals surface area contributed by atoms with Crippen LogP contribution in [0, 0.1) is 12.3 Å². The lowest BCUT2D eigenvalue weighted by Gasteiger charge is -2.11. The molecule has 3 aromatic heterocycles. The Kier molecular flexibility index (Phi) is 3.40. The van der Waals surface area contributed by atoms with Crippen molar-refractivity contribution in [2.45, 2.75) is 6.54 Å². The molecule has 0 atom stereocenters. The Hall–Kier alpha value is -4.05. The molecule has 0 radical (unpaired) electrons. The monoisotopic (exact) mass is 352 g/mol. The first-order valence-electron chi connectivity index (χ1n) is 8.25. The lowest BCUT2D eigenvalue weighted by atomic mass is 10.0. The maximum Gasteiger partial charge on any atom is 0.278 e. The Bertz CT molecular complexity index is 1200. The zero-order valence-electron chi connectivity index (χ0n) is 14.1. The van der Waals surface area contributed by atoms with Crippen LogP contribution in [-0.4, -0.2) is 30.4 Å². The van der Waals surface area contributed by atoms with Gasteiger partial charge in [0.1, 0.15) is 6.33 Å². The number of terminal acetylenes is 1. The molecular weight excluding hydrogens is 340 g/mol. The number of benzene rings is 1. The molecule has 1 aliphatic heterocycles. The molecule has 0 amide bonds. The lowest BCUT2D eigenvalue weighted by molar-refractivity contribution is 0.428. The lowest BCUT2D eigenvalue weighted by Crippen LogP contribution is -2.08. The molecule has 0 fully saturated rings. The quantitative estimate of drug-likeness (QED) is 0.518. The van der Waals surface area contributed by atoms with Crippen LogP contribution in [0.4, 0.5) is 0 Å². The van der Waals surface area contributed by atoms with Crippen LogP contribution >= 0.6 is 0 Å². The fraction of sp³-hybridized carbons (Fsp3) is 0.0500. The molecule has 7 nitrogen and oxygen atoms in total. The van der Waals surface area contributed by atoms with Gasteiger partial charge in [-0.15, -0.1) is 6.42 Å². The number of fused-ring (bicyclic) bond motifs is 3. The van der Waals surface area contributed by atoms with Crippen LogP contribution in [0.25, 0.3) is 17.3 Å². The van der Waals surface area contributed by atoms with E-state index in [0.29, 0.717) is 18.1 Å². The summed E-state index contributed by atoms with van der Waals surface area (Å²) in [6.45, 7) is 0.393. The largest absolute Gasteiger partial charge is 0.332 e. The van der Waals surface area contributed by atoms with Crippen LogP contribution in [0.2, 0.25) is 0 Å². The average Bonchev–Trinajstić information content (AvgIpc) is 3.36. The summed E-state index contributed by atoms with van der Waals surface area (Å²) in [5.74, 6) is 3.05. The number of aliphatic imine (C=N–C) groups is 1. The summed E-state index contributed by atoms with van der Waals surface area (Å²) in [5, 5.41) is 3.68. The maximum absolute atomic E-state index is 5.62. The second-order valence-corrected chi connectivity index (χ2v) is 5.91. The minimum Gasteiger partial charge on any atom is -0.332 e. The zero-order valence-corrected chi connectivity index (χ0v) is 14.1. The van der Waals surface area contributed by atoms with E-state index in [-0.39, 0.29) is 0 Å². The Labute approximate surface area is 154 Å². The highest BCUT2D eigenvalue weighted by atomic mass is 16.5. The third-order valence-corrected chi connectivity index (χ3v) is 4.40. The van der Waals surface area contributed by atoms with Crippen LogP contribution in [0.3, 0.4) is 0 Å². The molecule has 27 heavy (non-hydrogen) atoms. The van der Waals surface area contributed by atoms with Crippen molar-refractivity contribution in [2.24, 2.45) is 4.99 Å². The molecular formula is C20H12N6O. The average molecular weight is 352 g/mol. The van der Waals surface area contributed by atoms with Crippen LogP contribution < -0.4 is 0 Å². The van der Waals surface area contributed by atoms with Crippen LogP contribution in [0.5, 0.6) is 0 Å². The first-order chi connectivity index (χ1) is 13.3. The topological polar surface area (TPSA) is 82.0 Å². The molecule has 128 valence electrons. The van der Waals surface area contributed by atoms with Gasteiger partial charge in [-0.25, -0.2) is 4.98 Å². The molecule has 0 spiro atoms. The number of rotatable bonds is 2. The van der Waals surface area contributed by atoms with Crippen LogP contribution in [-0.2, 0) is 6.54 Å².